The third kappa shape index (κ3) is 5.98. The Kier molecular flexibility index (Phi) is 8.49. The fraction of sp³-hybridized carbons (Fsp3) is 0.704. The summed E-state index contributed by atoms with van der Waals surface area (Å²) in [6, 6.07) is 2.17. The van der Waals surface area contributed by atoms with Gasteiger partial charge in [0.05, 0.1) is 12.8 Å². The lowest BCUT2D eigenvalue weighted by Crippen LogP contribution is -2.47. The van der Waals surface area contributed by atoms with Crippen LogP contribution >= 0.6 is 23.1 Å². The molecule has 0 aromatic carbocycles. The number of rotatable bonds is 6. The Morgan fingerprint density at radius 1 is 1.11 bits per heavy atom. The maximum atomic E-state index is 14.2. The van der Waals surface area contributed by atoms with Gasteiger partial charge >= 0.3 is 5.97 Å². The van der Waals surface area contributed by atoms with Crippen molar-refractivity contribution in [2.75, 3.05) is 12.0 Å². The summed E-state index contributed by atoms with van der Waals surface area (Å²) in [6.07, 6.45) is 9.58. The summed E-state index contributed by atoms with van der Waals surface area (Å²) in [5.74, 6) is 0.534. The fourth-order valence-corrected chi connectivity index (χ4v) is 7.56. The minimum atomic E-state index is -0.355. The Balaban J connectivity index is 1.62. The van der Waals surface area contributed by atoms with Gasteiger partial charge in [0.1, 0.15) is 11.2 Å². The molecular formula is C27H40N4O3S2. The average Bonchev–Trinajstić information content (AvgIpc) is 3.47. The maximum Gasteiger partial charge on any atom is 0.350 e. The molecule has 198 valence electrons. The molecule has 0 saturated heterocycles. The maximum absolute atomic E-state index is 14.2. The number of thioether (sulfide) groups is 1. The van der Waals surface area contributed by atoms with Crippen molar-refractivity contribution in [2.24, 2.45) is 18.9 Å². The van der Waals surface area contributed by atoms with Gasteiger partial charge in [-0.2, -0.15) is 0 Å². The van der Waals surface area contributed by atoms with Gasteiger partial charge in [0.15, 0.2) is 5.16 Å². The number of carbonyl (C=O) groups excluding carboxylic acids is 2. The van der Waals surface area contributed by atoms with Crippen LogP contribution in [0.15, 0.2) is 17.6 Å². The molecule has 0 bridgehead atoms. The SMILES string of the molecule is COC(=O)c1sc(C(C)(C)C)cc1N(C(=O)[C@H]1CC[C@H](C)CC1)[C@H]1CC[C@@H](Sc2nncn2C)CC1. The molecule has 2 saturated carbocycles. The number of aryl methyl sites for hydroxylation is 1. The van der Waals surface area contributed by atoms with E-state index in [9.17, 15) is 9.59 Å². The molecule has 0 aliphatic heterocycles. The molecule has 4 rings (SSSR count). The van der Waals surface area contributed by atoms with Crippen molar-refractivity contribution in [3.63, 3.8) is 0 Å². The second kappa shape index (κ2) is 11.3. The number of aromatic nitrogens is 3. The number of esters is 1. The van der Waals surface area contributed by atoms with Crippen LogP contribution in [0.2, 0.25) is 0 Å². The van der Waals surface area contributed by atoms with Gasteiger partial charge in [-0.1, -0.05) is 39.5 Å². The Morgan fingerprint density at radius 2 is 1.78 bits per heavy atom. The van der Waals surface area contributed by atoms with Crippen LogP contribution in [-0.4, -0.2) is 45.0 Å². The highest BCUT2D eigenvalue weighted by molar-refractivity contribution is 7.99. The zero-order chi connectivity index (χ0) is 26.0. The predicted octanol–water partition coefficient (Wildman–Crippen LogP) is 6.22. The molecule has 2 aliphatic rings. The van der Waals surface area contributed by atoms with Crippen molar-refractivity contribution in [3.05, 3.63) is 22.1 Å². The third-order valence-electron chi connectivity index (χ3n) is 7.64. The monoisotopic (exact) mass is 532 g/mol. The third-order valence-corrected chi connectivity index (χ3v) is 10.6. The predicted molar refractivity (Wildman–Crippen MR) is 146 cm³/mol. The molecule has 0 radical (unpaired) electrons. The number of anilines is 1. The first-order valence-corrected chi connectivity index (χ1v) is 14.8. The van der Waals surface area contributed by atoms with Crippen molar-refractivity contribution >= 4 is 40.7 Å². The van der Waals surface area contributed by atoms with E-state index in [1.54, 1.807) is 18.1 Å². The molecule has 0 atom stereocenters. The normalized spacial score (nSPS) is 24.9. The van der Waals surface area contributed by atoms with Crippen LogP contribution in [0, 0.1) is 11.8 Å². The van der Waals surface area contributed by atoms with Crippen LogP contribution in [0.3, 0.4) is 0 Å². The second-order valence-corrected chi connectivity index (χ2v) is 13.8. The van der Waals surface area contributed by atoms with E-state index in [1.165, 1.54) is 18.4 Å². The molecule has 9 heteroatoms. The average molecular weight is 533 g/mol. The number of hydrogen-bond donors (Lipinski definition) is 0. The molecule has 2 aliphatic carbocycles. The summed E-state index contributed by atoms with van der Waals surface area (Å²) >= 11 is 3.25. The number of methoxy groups -OCH3 is 1. The van der Waals surface area contributed by atoms with Crippen molar-refractivity contribution in [1.29, 1.82) is 0 Å². The largest absolute Gasteiger partial charge is 0.465 e. The highest BCUT2D eigenvalue weighted by Gasteiger charge is 2.38. The van der Waals surface area contributed by atoms with E-state index in [1.807, 2.05) is 16.5 Å². The highest BCUT2D eigenvalue weighted by Crippen LogP contribution is 2.43. The zero-order valence-electron chi connectivity index (χ0n) is 22.5. The van der Waals surface area contributed by atoms with Crippen LogP contribution in [0.25, 0.3) is 0 Å². The lowest BCUT2D eigenvalue weighted by molar-refractivity contribution is -0.124. The molecule has 2 aromatic rings. The van der Waals surface area contributed by atoms with Gasteiger partial charge in [0, 0.05) is 29.1 Å². The minimum absolute atomic E-state index is 0.0235. The van der Waals surface area contributed by atoms with Crippen LogP contribution in [0.4, 0.5) is 5.69 Å². The van der Waals surface area contributed by atoms with Gasteiger partial charge in [-0.15, -0.1) is 21.5 Å². The number of carbonyl (C=O) groups is 2. The summed E-state index contributed by atoms with van der Waals surface area (Å²) in [5.41, 5.74) is 0.634. The van der Waals surface area contributed by atoms with Gasteiger partial charge in [0.25, 0.3) is 0 Å². The summed E-state index contributed by atoms with van der Waals surface area (Å²) < 4.78 is 7.14. The number of hydrogen-bond acceptors (Lipinski definition) is 7. The lowest BCUT2D eigenvalue weighted by Gasteiger charge is -2.39. The van der Waals surface area contributed by atoms with Gasteiger partial charge in [-0.25, -0.2) is 4.79 Å². The molecule has 2 heterocycles. The van der Waals surface area contributed by atoms with Crippen LogP contribution in [0.5, 0.6) is 0 Å². The first-order chi connectivity index (χ1) is 17.1. The van der Waals surface area contributed by atoms with Crippen LogP contribution < -0.4 is 4.90 Å². The Bertz CT molecular complexity index is 1060. The van der Waals surface area contributed by atoms with E-state index >= 15 is 0 Å². The van der Waals surface area contributed by atoms with Crippen LogP contribution in [0.1, 0.15) is 93.6 Å². The van der Waals surface area contributed by atoms with E-state index < -0.39 is 0 Å². The van der Waals surface area contributed by atoms with E-state index in [-0.39, 0.29) is 29.3 Å². The van der Waals surface area contributed by atoms with Gasteiger partial charge in [-0.3, -0.25) is 4.79 Å². The quantitative estimate of drug-likeness (QED) is 0.411. The topological polar surface area (TPSA) is 77.3 Å². The van der Waals surface area contributed by atoms with Crippen molar-refractivity contribution in [3.8, 4) is 0 Å². The molecule has 2 fully saturated rings. The van der Waals surface area contributed by atoms with Crippen molar-refractivity contribution in [1.82, 2.24) is 14.8 Å². The molecular weight excluding hydrogens is 492 g/mol. The fourth-order valence-electron chi connectivity index (χ4n) is 5.32. The van der Waals surface area contributed by atoms with Gasteiger partial charge in [0.2, 0.25) is 5.91 Å². The van der Waals surface area contributed by atoms with E-state index in [0.29, 0.717) is 16.0 Å². The van der Waals surface area contributed by atoms with Gasteiger partial charge in [-0.05, 0) is 68.8 Å². The second-order valence-electron chi connectivity index (χ2n) is 11.5. The molecule has 0 unspecified atom stereocenters. The van der Waals surface area contributed by atoms with Crippen molar-refractivity contribution in [2.45, 2.75) is 101 Å². The first-order valence-electron chi connectivity index (χ1n) is 13.1. The number of ether oxygens (including phenoxy) is 1. The standard InChI is InChI=1S/C27H40N4O3S2/c1-17-7-9-18(10-8-17)24(32)31(21-15-22(27(2,3)4)36-23(21)25(33)34-6)19-11-13-20(14-12-19)35-26-29-28-16-30(26)5/h15-20H,7-14H2,1-6H3/t17-,18-,19-,20+. The van der Waals surface area contributed by atoms with Crippen LogP contribution in [-0.2, 0) is 22.0 Å². The Labute approximate surface area is 223 Å². The molecule has 0 N–H and O–H groups in total. The smallest absolute Gasteiger partial charge is 0.350 e. The van der Waals surface area contributed by atoms with E-state index in [0.717, 1.165) is 67.1 Å². The first kappa shape index (κ1) is 27.2. The number of amides is 1. The Morgan fingerprint density at radius 3 is 2.33 bits per heavy atom. The number of nitrogens with zero attached hydrogens (tertiary/aromatic N) is 4. The summed E-state index contributed by atoms with van der Waals surface area (Å²) in [6.45, 7) is 8.71. The number of thiophene rings is 1. The summed E-state index contributed by atoms with van der Waals surface area (Å²) in [7, 11) is 3.39. The van der Waals surface area contributed by atoms with E-state index in [2.05, 4.69) is 44.0 Å². The molecule has 0 spiro atoms. The van der Waals surface area contributed by atoms with Crippen molar-refractivity contribution < 1.29 is 14.3 Å². The molecule has 2 aromatic heterocycles. The highest BCUT2D eigenvalue weighted by atomic mass is 32.2. The zero-order valence-corrected chi connectivity index (χ0v) is 24.1. The van der Waals surface area contributed by atoms with Gasteiger partial charge < -0.3 is 14.2 Å². The van der Waals surface area contributed by atoms with E-state index in [4.69, 9.17) is 4.74 Å². The Hall–Kier alpha value is -1.87. The minimum Gasteiger partial charge on any atom is -0.465 e. The summed E-state index contributed by atoms with van der Waals surface area (Å²) in [5, 5.41) is 9.62. The molecule has 1 amide bonds. The molecule has 36 heavy (non-hydrogen) atoms. The summed E-state index contributed by atoms with van der Waals surface area (Å²) in [4.78, 5) is 30.7. The molecule has 7 nitrogen and oxygen atoms in total. The lowest BCUT2D eigenvalue weighted by atomic mass is 9.81.